The van der Waals surface area contributed by atoms with Crippen LogP contribution < -0.4 is 10.6 Å². The molecule has 0 radical (unpaired) electrons. The highest BCUT2D eigenvalue weighted by molar-refractivity contribution is 9.10. The van der Waals surface area contributed by atoms with Gasteiger partial charge in [-0.1, -0.05) is 28.1 Å². The molecule has 3 nitrogen and oxygen atoms in total. The molecule has 4 heteroatoms. The second-order valence-corrected chi connectivity index (χ2v) is 6.04. The summed E-state index contributed by atoms with van der Waals surface area (Å²) in [5.74, 6) is 0. The summed E-state index contributed by atoms with van der Waals surface area (Å²) in [5.41, 5.74) is 0.862. The molecule has 0 saturated carbocycles. The molecule has 0 aromatic heterocycles. The van der Waals surface area contributed by atoms with Gasteiger partial charge < -0.3 is 10.6 Å². The zero-order chi connectivity index (χ0) is 13.1. The smallest absolute Gasteiger partial charge is 0.315 e. The number of halogens is 1. The van der Waals surface area contributed by atoms with Crippen LogP contribution in [0.5, 0.6) is 0 Å². The van der Waals surface area contributed by atoms with Crippen molar-refractivity contribution in [3.63, 3.8) is 0 Å². The van der Waals surface area contributed by atoms with Crippen molar-refractivity contribution in [3.8, 4) is 0 Å². The average molecular weight is 299 g/mol. The third-order valence-electron chi connectivity index (χ3n) is 2.21. The molecule has 94 valence electrons. The molecule has 0 fully saturated rings. The molecule has 1 aromatic carbocycles. The molecule has 0 spiro atoms. The molecule has 0 saturated heterocycles. The Labute approximate surface area is 111 Å². The molecule has 0 bridgehead atoms. The number of urea groups is 1. The largest absolute Gasteiger partial charge is 0.334 e. The van der Waals surface area contributed by atoms with Gasteiger partial charge in [0.2, 0.25) is 0 Å². The predicted octanol–water partition coefficient (Wildman–Crippen LogP) is 3.61. The summed E-state index contributed by atoms with van der Waals surface area (Å²) >= 11 is 3.39. The first-order chi connectivity index (χ1) is 7.78. The van der Waals surface area contributed by atoms with E-state index in [9.17, 15) is 4.79 Å². The van der Waals surface area contributed by atoms with Crippen molar-refractivity contribution in [3.05, 3.63) is 34.3 Å². The summed E-state index contributed by atoms with van der Waals surface area (Å²) in [6.07, 6.45) is 0. The highest BCUT2D eigenvalue weighted by Gasteiger charge is 2.15. The van der Waals surface area contributed by atoms with Crippen molar-refractivity contribution in [2.24, 2.45) is 0 Å². The first kappa shape index (κ1) is 14.0. The zero-order valence-corrected chi connectivity index (χ0v) is 12.3. The molecule has 0 unspecified atom stereocenters. The van der Waals surface area contributed by atoms with Gasteiger partial charge in [-0.15, -0.1) is 0 Å². The predicted molar refractivity (Wildman–Crippen MR) is 74.0 cm³/mol. The van der Waals surface area contributed by atoms with Crippen molar-refractivity contribution in [2.45, 2.75) is 39.3 Å². The number of nitrogens with one attached hydrogen (secondary N) is 2. The van der Waals surface area contributed by atoms with Crippen LogP contribution in [0.3, 0.4) is 0 Å². The van der Waals surface area contributed by atoms with Gasteiger partial charge in [0.25, 0.3) is 0 Å². The quantitative estimate of drug-likeness (QED) is 0.860. The Bertz CT molecular complexity index is 381. The molecule has 2 amide bonds. The standard InChI is InChI=1S/C13H19BrN2O/c1-9(10-5-7-11(14)8-6-10)15-12(17)16-13(2,3)4/h5-9H,1-4H3,(H2,15,16,17)/t9-/m0/s1. The van der Waals surface area contributed by atoms with E-state index in [1.54, 1.807) is 0 Å². The summed E-state index contributed by atoms with van der Waals surface area (Å²) in [5, 5.41) is 5.78. The Morgan fingerprint density at radius 2 is 1.76 bits per heavy atom. The summed E-state index contributed by atoms with van der Waals surface area (Å²) < 4.78 is 1.03. The highest BCUT2D eigenvalue weighted by Crippen LogP contribution is 2.16. The van der Waals surface area contributed by atoms with Crippen LogP contribution in [0.4, 0.5) is 4.79 Å². The van der Waals surface area contributed by atoms with Gasteiger partial charge in [0.05, 0.1) is 6.04 Å². The van der Waals surface area contributed by atoms with Crippen LogP contribution in [-0.4, -0.2) is 11.6 Å². The van der Waals surface area contributed by atoms with Crippen LogP contribution in [0, 0.1) is 0 Å². The fourth-order valence-corrected chi connectivity index (χ4v) is 1.67. The molecular formula is C13H19BrN2O. The minimum atomic E-state index is -0.219. The number of carbonyl (C=O) groups excluding carboxylic acids is 1. The molecule has 1 aromatic rings. The highest BCUT2D eigenvalue weighted by atomic mass is 79.9. The van der Waals surface area contributed by atoms with Gasteiger partial charge in [-0.3, -0.25) is 0 Å². The van der Waals surface area contributed by atoms with Crippen molar-refractivity contribution in [2.75, 3.05) is 0 Å². The van der Waals surface area contributed by atoms with E-state index in [4.69, 9.17) is 0 Å². The summed E-state index contributed by atoms with van der Waals surface area (Å²) in [7, 11) is 0. The SMILES string of the molecule is C[C@H](NC(=O)NC(C)(C)C)c1ccc(Br)cc1. The fourth-order valence-electron chi connectivity index (χ4n) is 1.41. The van der Waals surface area contributed by atoms with Crippen molar-refractivity contribution < 1.29 is 4.79 Å². The van der Waals surface area contributed by atoms with Gasteiger partial charge in [-0.25, -0.2) is 4.79 Å². The Kier molecular flexibility index (Phi) is 4.57. The molecule has 0 aliphatic carbocycles. The van der Waals surface area contributed by atoms with Crippen LogP contribution in [0.15, 0.2) is 28.7 Å². The van der Waals surface area contributed by atoms with E-state index < -0.39 is 0 Å². The van der Waals surface area contributed by atoms with Gasteiger partial charge in [-0.2, -0.15) is 0 Å². The number of hydrogen-bond acceptors (Lipinski definition) is 1. The van der Waals surface area contributed by atoms with Crippen LogP contribution >= 0.6 is 15.9 Å². The number of carbonyl (C=O) groups is 1. The first-order valence-electron chi connectivity index (χ1n) is 5.62. The molecule has 0 heterocycles. The normalized spacial score (nSPS) is 13.0. The monoisotopic (exact) mass is 298 g/mol. The average Bonchev–Trinajstić information content (AvgIpc) is 2.15. The van der Waals surface area contributed by atoms with Gasteiger partial charge in [0, 0.05) is 10.0 Å². The molecule has 0 aliphatic heterocycles. The Balaban J connectivity index is 2.57. The lowest BCUT2D eigenvalue weighted by atomic mass is 10.1. The fraction of sp³-hybridized carbons (Fsp3) is 0.462. The molecule has 17 heavy (non-hydrogen) atoms. The Hall–Kier alpha value is -1.03. The van der Waals surface area contributed by atoms with E-state index in [1.807, 2.05) is 52.0 Å². The third-order valence-corrected chi connectivity index (χ3v) is 2.73. The summed E-state index contributed by atoms with van der Waals surface area (Å²) in [6.45, 7) is 7.83. The lowest BCUT2D eigenvalue weighted by Gasteiger charge is -2.23. The maximum atomic E-state index is 11.7. The van der Waals surface area contributed by atoms with Crippen LogP contribution in [0.2, 0.25) is 0 Å². The second-order valence-electron chi connectivity index (χ2n) is 5.12. The van der Waals surface area contributed by atoms with Gasteiger partial charge in [0.1, 0.15) is 0 Å². The zero-order valence-electron chi connectivity index (χ0n) is 10.7. The van der Waals surface area contributed by atoms with E-state index in [1.165, 1.54) is 0 Å². The summed E-state index contributed by atoms with van der Waals surface area (Å²) in [4.78, 5) is 11.7. The molecular weight excluding hydrogens is 280 g/mol. The van der Waals surface area contributed by atoms with Gasteiger partial charge in [-0.05, 0) is 45.4 Å². The van der Waals surface area contributed by atoms with E-state index in [0.717, 1.165) is 10.0 Å². The number of rotatable bonds is 2. The van der Waals surface area contributed by atoms with Crippen LogP contribution in [-0.2, 0) is 0 Å². The minimum absolute atomic E-state index is 0.00884. The van der Waals surface area contributed by atoms with E-state index >= 15 is 0 Å². The lowest BCUT2D eigenvalue weighted by molar-refractivity contribution is 0.229. The van der Waals surface area contributed by atoms with Gasteiger partial charge in [0.15, 0.2) is 0 Å². The first-order valence-corrected chi connectivity index (χ1v) is 6.41. The lowest BCUT2D eigenvalue weighted by Crippen LogP contribution is -2.47. The molecule has 0 aliphatic rings. The Morgan fingerprint density at radius 1 is 1.24 bits per heavy atom. The maximum absolute atomic E-state index is 11.7. The van der Waals surface area contributed by atoms with Crippen molar-refractivity contribution >= 4 is 22.0 Å². The van der Waals surface area contributed by atoms with Crippen molar-refractivity contribution in [1.29, 1.82) is 0 Å². The maximum Gasteiger partial charge on any atom is 0.315 e. The van der Waals surface area contributed by atoms with Crippen LogP contribution in [0.1, 0.15) is 39.3 Å². The van der Waals surface area contributed by atoms with Gasteiger partial charge >= 0.3 is 6.03 Å². The van der Waals surface area contributed by atoms with E-state index in [0.29, 0.717) is 0 Å². The topological polar surface area (TPSA) is 41.1 Å². The number of benzene rings is 1. The Morgan fingerprint density at radius 3 is 2.24 bits per heavy atom. The minimum Gasteiger partial charge on any atom is -0.334 e. The van der Waals surface area contributed by atoms with E-state index in [2.05, 4.69) is 26.6 Å². The van der Waals surface area contributed by atoms with Crippen LogP contribution in [0.25, 0.3) is 0 Å². The molecule has 1 atom stereocenters. The number of hydrogen-bond donors (Lipinski definition) is 2. The summed E-state index contributed by atoms with van der Waals surface area (Å²) in [6, 6.07) is 7.76. The third kappa shape index (κ3) is 5.22. The number of amides is 2. The molecule has 1 rings (SSSR count). The van der Waals surface area contributed by atoms with E-state index in [-0.39, 0.29) is 17.6 Å². The van der Waals surface area contributed by atoms with Crippen molar-refractivity contribution in [1.82, 2.24) is 10.6 Å². The molecule has 2 N–H and O–H groups in total. The second kappa shape index (κ2) is 5.54.